The van der Waals surface area contributed by atoms with E-state index in [0.29, 0.717) is 25.4 Å². The first-order valence-electron chi connectivity index (χ1n) is 5.87. The number of amides is 1. The second-order valence-corrected chi connectivity index (χ2v) is 5.70. The summed E-state index contributed by atoms with van der Waals surface area (Å²) in [5.41, 5.74) is 1.45. The van der Waals surface area contributed by atoms with E-state index in [2.05, 4.69) is 20.9 Å². The van der Waals surface area contributed by atoms with Gasteiger partial charge in [-0.15, -0.1) is 0 Å². The quantitative estimate of drug-likeness (QED) is 0.799. The van der Waals surface area contributed by atoms with Crippen LogP contribution in [0.15, 0.2) is 16.7 Å². The standard InChI is InChI=1S/C12H13BrN2O3/c13-8-5-9-10(14-6-8)12(1-3-18-4-2-12)7-15(9)11(16)17/h5-6H,1-4,7H2,(H,16,17). The molecular weight excluding hydrogens is 300 g/mol. The van der Waals surface area contributed by atoms with Crippen LogP contribution < -0.4 is 4.90 Å². The molecule has 18 heavy (non-hydrogen) atoms. The van der Waals surface area contributed by atoms with Crippen molar-refractivity contribution in [2.24, 2.45) is 0 Å². The average Bonchev–Trinajstić information content (AvgIpc) is 2.65. The largest absolute Gasteiger partial charge is 0.465 e. The summed E-state index contributed by atoms with van der Waals surface area (Å²) < 4.78 is 6.19. The molecule has 1 aromatic rings. The molecule has 2 aliphatic rings. The molecule has 6 heteroatoms. The molecule has 1 fully saturated rings. The number of nitrogens with zero attached hydrogens (tertiary/aromatic N) is 2. The molecule has 0 aliphatic carbocycles. The summed E-state index contributed by atoms with van der Waals surface area (Å²) in [4.78, 5) is 17.2. The van der Waals surface area contributed by atoms with E-state index in [1.165, 1.54) is 4.90 Å². The maximum Gasteiger partial charge on any atom is 0.411 e. The number of ether oxygens (including phenoxy) is 1. The third-order valence-corrected chi connectivity index (χ3v) is 4.20. The fourth-order valence-corrected chi connectivity index (χ4v) is 3.15. The monoisotopic (exact) mass is 312 g/mol. The van der Waals surface area contributed by atoms with E-state index in [1.54, 1.807) is 6.20 Å². The molecular formula is C12H13BrN2O3. The van der Waals surface area contributed by atoms with Gasteiger partial charge in [-0.1, -0.05) is 0 Å². The highest BCUT2D eigenvalue weighted by Crippen LogP contribution is 2.46. The van der Waals surface area contributed by atoms with Crippen molar-refractivity contribution >= 4 is 27.7 Å². The first kappa shape index (κ1) is 11.9. The Morgan fingerprint density at radius 2 is 2.22 bits per heavy atom. The molecule has 1 N–H and O–H groups in total. The number of fused-ring (bicyclic) bond motifs is 2. The molecule has 0 saturated carbocycles. The molecule has 0 atom stereocenters. The van der Waals surface area contributed by atoms with Gasteiger partial charge in [0.2, 0.25) is 0 Å². The SMILES string of the molecule is O=C(O)N1CC2(CCOCC2)c2ncc(Br)cc21. The van der Waals surface area contributed by atoms with Gasteiger partial charge in [0.1, 0.15) is 0 Å². The number of carbonyl (C=O) groups is 1. The van der Waals surface area contributed by atoms with Crippen LogP contribution in [0, 0.1) is 0 Å². The number of hydrogen-bond acceptors (Lipinski definition) is 3. The minimum Gasteiger partial charge on any atom is -0.465 e. The van der Waals surface area contributed by atoms with Gasteiger partial charge in [0.05, 0.1) is 11.4 Å². The fourth-order valence-electron chi connectivity index (χ4n) is 2.83. The lowest BCUT2D eigenvalue weighted by Crippen LogP contribution is -2.40. The number of aromatic nitrogens is 1. The second-order valence-electron chi connectivity index (χ2n) is 4.78. The maximum atomic E-state index is 11.4. The van der Waals surface area contributed by atoms with Crippen LogP contribution in [-0.2, 0) is 10.2 Å². The fraction of sp³-hybridized carbons (Fsp3) is 0.500. The number of carboxylic acid groups (broad SMARTS) is 1. The summed E-state index contributed by atoms with van der Waals surface area (Å²) in [6.07, 6.45) is 2.48. The minimum absolute atomic E-state index is 0.160. The van der Waals surface area contributed by atoms with Crippen molar-refractivity contribution in [1.29, 1.82) is 0 Å². The zero-order chi connectivity index (χ0) is 12.8. The summed E-state index contributed by atoms with van der Waals surface area (Å²) in [6.45, 7) is 1.83. The van der Waals surface area contributed by atoms with Crippen LogP contribution >= 0.6 is 15.9 Å². The predicted octanol–water partition coefficient (Wildman–Crippen LogP) is 2.39. The zero-order valence-electron chi connectivity index (χ0n) is 9.73. The Morgan fingerprint density at radius 1 is 1.50 bits per heavy atom. The van der Waals surface area contributed by atoms with Crippen molar-refractivity contribution in [2.75, 3.05) is 24.7 Å². The van der Waals surface area contributed by atoms with E-state index in [1.807, 2.05) is 6.07 Å². The molecule has 0 radical (unpaired) electrons. The molecule has 0 unspecified atom stereocenters. The topological polar surface area (TPSA) is 62.7 Å². The van der Waals surface area contributed by atoms with E-state index in [-0.39, 0.29) is 5.41 Å². The van der Waals surface area contributed by atoms with Gasteiger partial charge in [-0.2, -0.15) is 0 Å². The lowest BCUT2D eigenvalue weighted by Gasteiger charge is -2.32. The first-order chi connectivity index (χ1) is 8.62. The normalized spacial score (nSPS) is 21.1. The van der Waals surface area contributed by atoms with Crippen LogP contribution in [0.1, 0.15) is 18.5 Å². The Labute approximate surface area is 113 Å². The molecule has 3 heterocycles. The van der Waals surface area contributed by atoms with E-state index in [0.717, 1.165) is 23.0 Å². The lowest BCUT2D eigenvalue weighted by molar-refractivity contribution is 0.0540. The van der Waals surface area contributed by atoms with Crippen molar-refractivity contribution in [2.45, 2.75) is 18.3 Å². The van der Waals surface area contributed by atoms with E-state index in [9.17, 15) is 9.90 Å². The van der Waals surface area contributed by atoms with Gasteiger partial charge in [0, 0.05) is 35.8 Å². The summed E-state index contributed by atoms with van der Waals surface area (Å²) in [5.74, 6) is 0. The van der Waals surface area contributed by atoms with Gasteiger partial charge in [0.25, 0.3) is 0 Å². The Hall–Kier alpha value is -1.14. The van der Waals surface area contributed by atoms with Crippen molar-refractivity contribution in [3.63, 3.8) is 0 Å². The molecule has 0 bridgehead atoms. The summed E-state index contributed by atoms with van der Waals surface area (Å²) in [5, 5.41) is 9.32. The number of anilines is 1. The van der Waals surface area contributed by atoms with Gasteiger partial charge in [-0.25, -0.2) is 4.79 Å². The summed E-state index contributed by atoms with van der Waals surface area (Å²) in [6, 6.07) is 1.83. The predicted molar refractivity (Wildman–Crippen MR) is 69.0 cm³/mol. The Bertz CT molecular complexity index is 500. The van der Waals surface area contributed by atoms with Crippen molar-refractivity contribution in [1.82, 2.24) is 4.98 Å². The average molecular weight is 313 g/mol. The third kappa shape index (κ3) is 1.71. The minimum atomic E-state index is -0.917. The van der Waals surface area contributed by atoms with Crippen molar-refractivity contribution in [3.05, 3.63) is 22.4 Å². The number of hydrogen-bond donors (Lipinski definition) is 1. The molecule has 1 spiro atoms. The molecule has 3 rings (SSSR count). The Kier molecular flexibility index (Phi) is 2.79. The molecule has 1 amide bonds. The molecule has 0 aromatic carbocycles. The van der Waals surface area contributed by atoms with Gasteiger partial charge < -0.3 is 9.84 Å². The Morgan fingerprint density at radius 3 is 2.89 bits per heavy atom. The number of pyridine rings is 1. The first-order valence-corrected chi connectivity index (χ1v) is 6.66. The maximum absolute atomic E-state index is 11.4. The summed E-state index contributed by atoms with van der Waals surface area (Å²) >= 11 is 3.35. The van der Waals surface area contributed by atoms with E-state index >= 15 is 0 Å². The third-order valence-electron chi connectivity index (χ3n) is 3.77. The number of halogens is 1. The Balaban J connectivity index is 2.10. The molecule has 96 valence electrons. The molecule has 2 aliphatic heterocycles. The molecule has 1 saturated heterocycles. The second kappa shape index (κ2) is 4.20. The van der Waals surface area contributed by atoms with Crippen LogP contribution in [0.4, 0.5) is 10.5 Å². The van der Waals surface area contributed by atoms with Gasteiger partial charge in [0.15, 0.2) is 0 Å². The van der Waals surface area contributed by atoms with Crippen LogP contribution in [0.5, 0.6) is 0 Å². The highest BCUT2D eigenvalue weighted by molar-refractivity contribution is 9.10. The van der Waals surface area contributed by atoms with Crippen LogP contribution in [0.3, 0.4) is 0 Å². The highest BCUT2D eigenvalue weighted by Gasteiger charge is 2.47. The summed E-state index contributed by atoms with van der Waals surface area (Å²) in [7, 11) is 0. The lowest BCUT2D eigenvalue weighted by atomic mass is 9.78. The van der Waals surface area contributed by atoms with Crippen LogP contribution in [0.25, 0.3) is 0 Å². The van der Waals surface area contributed by atoms with Gasteiger partial charge >= 0.3 is 6.09 Å². The smallest absolute Gasteiger partial charge is 0.411 e. The van der Waals surface area contributed by atoms with E-state index in [4.69, 9.17) is 4.74 Å². The van der Waals surface area contributed by atoms with Gasteiger partial charge in [-0.05, 0) is 34.8 Å². The van der Waals surface area contributed by atoms with Crippen molar-refractivity contribution in [3.8, 4) is 0 Å². The van der Waals surface area contributed by atoms with Crippen molar-refractivity contribution < 1.29 is 14.6 Å². The van der Waals surface area contributed by atoms with Crippen LogP contribution in [0.2, 0.25) is 0 Å². The van der Waals surface area contributed by atoms with Gasteiger partial charge in [-0.3, -0.25) is 9.88 Å². The molecule has 1 aromatic heterocycles. The molecule has 5 nitrogen and oxygen atoms in total. The zero-order valence-corrected chi connectivity index (χ0v) is 11.3. The van der Waals surface area contributed by atoms with Crippen LogP contribution in [-0.4, -0.2) is 35.9 Å². The number of rotatable bonds is 0. The van der Waals surface area contributed by atoms with E-state index < -0.39 is 6.09 Å². The highest BCUT2D eigenvalue weighted by atomic mass is 79.9.